The fourth-order valence-corrected chi connectivity index (χ4v) is 2.17. The Morgan fingerprint density at radius 1 is 1.38 bits per heavy atom. The van der Waals surface area contributed by atoms with E-state index in [9.17, 15) is 0 Å². The molecule has 0 bridgehead atoms. The number of benzene rings is 1. The molecule has 13 heavy (non-hydrogen) atoms. The van der Waals surface area contributed by atoms with E-state index >= 15 is 0 Å². The molecule has 0 radical (unpaired) electrons. The SMILES string of the molecule is CCSC(CC#N)c1ccccc1. The van der Waals surface area contributed by atoms with Gasteiger partial charge in [-0.05, 0) is 11.3 Å². The zero-order valence-corrected chi connectivity index (χ0v) is 8.55. The predicted molar refractivity (Wildman–Crippen MR) is 57.5 cm³/mol. The highest BCUT2D eigenvalue weighted by Crippen LogP contribution is 2.30. The Kier molecular flexibility index (Phi) is 4.42. The molecular weight excluding hydrogens is 178 g/mol. The zero-order valence-electron chi connectivity index (χ0n) is 7.73. The van der Waals surface area contributed by atoms with Crippen LogP contribution in [0.2, 0.25) is 0 Å². The van der Waals surface area contributed by atoms with Gasteiger partial charge in [0.25, 0.3) is 0 Å². The van der Waals surface area contributed by atoms with Crippen molar-refractivity contribution in [3.63, 3.8) is 0 Å². The van der Waals surface area contributed by atoms with Gasteiger partial charge >= 0.3 is 0 Å². The van der Waals surface area contributed by atoms with Crippen molar-refractivity contribution in [3.8, 4) is 6.07 Å². The van der Waals surface area contributed by atoms with E-state index in [1.807, 2.05) is 30.0 Å². The van der Waals surface area contributed by atoms with Crippen LogP contribution in [0, 0.1) is 11.3 Å². The summed E-state index contributed by atoms with van der Waals surface area (Å²) in [6.07, 6.45) is 0.600. The van der Waals surface area contributed by atoms with Crippen LogP contribution in [-0.4, -0.2) is 5.75 Å². The fourth-order valence-electron chi connectivity index (χ4n) is 1.22. The molecule has 0 heterocycles. The van der Waals surface area contributed by atoms with E-state index in [0.29, 0.717) is 11.7 Å². The first kappa shape index (κ1) is 10.1. The van der Waals surface area contributed by atoms with Crippen LogP contribution in [0.15, 0.2) is 30.3 Å². The molecule has 0 fully saturated rings. The lowest BCUT2D eigenvalue weighted by Crippen LogP contribution is -1.92. The summed E-state index contributed by atoms with van der Waals surface area (Å²) in [5.41, 5.74) is 1.26. The van der Waals surface area contributed by atoms with E-state index in [4.69, 9.17) is 5.26 Å². The summed E-state index contributed by atoms with van der Waals surface area (Å²) >= 11 is 1.83. The van der Waals surface area contributed by atoms with Crippen LogP contribution in [0.1, 0.15) is 24.2 Å². The van der Waals surface area contributed by atoms with E-state index < -0.39 is 0 Å². The standard InChI is InChI=1S/C11H13NS/c1-2-13-11(8-9-12)10-6-4-3-5-7-10/h3-7,11H,2,8H2,1H3. The summed E-state index contributed by atoms with van der Waals surface area (Å²) in [5, 5.41) is 9.00. The highest BCUT2D eigenvalue weighted by atomic mass is 32.2. The van der Waals surface area contributed by atoms with Crippen molar-refractivity contribution in [2.75, 3.05) is 5.75 Å². The first-order chi connectivity index (χ1) is 6.38. The van der Waals surface area contributed by atoms with Crippen molar-refractivity contribution in [2.24, 2.45) is 0 Å². The Labute approximate surface area is 83.8 Å². The highest BCUT2D eigenvalue weighted by Gasteiger charge is 2.09. The molecule has 0 aliphatic heterocycles. The van der Waals surface area contributed by atoms with Crippen molar-refractivity contribution in [3.05, 3.63) is 35.9 Å². The number of hydrogen-bond acceptors (Lipinski definition) is 2. The first-order valence-corrected chi connectivity index (χ1v) is 5.47. The maximum atomic E-state index is 8.66. The molecule has 0 aromatic heterocycles. The van der Waals surface area contributed by atoms with Crippen molar-refractivity contribution in [1.82, 2.24) is 0 Å². The quantitative estimate of drug-likeness (QED) is 0.728. The lowest BCUT2D eigenvalue weighted by atomic mass is 10.1. The molecule has 68 valence electrons. The van der Waals surface area contributed by atoms with Gasteiger partial charge in [-0.1, -0.05) is 37.3 Å². The lowest BCUT2D eigenvalue weighted by molar-refractivity contribution is 0.979. The molecule has 1 atom stereocenters. The van der Waals surface area contributed by atoms with Gasteiger partial charge in [0.05, 0.1) is 12.5 Å². The summed E-state index contributed by atoms with van der Waals surface area (Å²) in [6.45, 7) is 2.12. The third-order valence-corrected chi connectivity index (χ3v) is 2.99. The molecule has 1 aromatic carbocycles. The van der Waals surface area contributed by atoms with Crippen LogP contribution in [0.3, 0.4) is 0 Å². The molecule has 0 N–H and O–H groups in total. The summed E-state index contributed by atoms with van der Waals surface area (Å²) < 4.78 is 0. The Bertz CT molecular complexity index is 276. The third kappa shape index (κ3) is 3.12. The fraction of sp³-hybridized carbons (Fsp3) is 0.364. The average Bonchev–Trinajstić information content (AvgIpc) is 2.19. The largest absolute Gasteiger partial charge is 0.198 e. The number of hydrogen-bond donors (Lipinski definition) is 0. The molecule has 0 aliphatic carbocycles. The molecule has 0 spiro atoms. The maximum Gasteiger partial charge on any atom is 0.0636 e. The van der Waals surface area contributed by atoms with Crippen LogP contribution in [-0.2, 0) is 0 Å². The van der Waals surface area contributed by atoms with E-state index in [-0.39, 0.29) is 0 Å². The van der Waals surface area contributed by atoms with Crippen molar-refractivity contribution >= 4 is 11.8 Å². The molecular formula is C11H13NS. The second kappa shape index (κ2) is 5.66. The monoisotopic (exact) mass is 191 g/mol. The molecule has 1 nitrogen and oxygen atoms in total. The number of rotatable bonds is 4. The van der Waals surface area contributed by atoms with Crippen LogP contribution in [0.25, 0.3) is 0 Å². The van der Waals surface area contributed by atoms with Gasteiger partial charge in [-0.15, -0.1) is 0 Å². The minimum absolute atomic E-state index is 0.344. The molecule has 0 aliphatic rings. The van der Waals surface area contributed by atoms with Gasteiger partial charge in [0.1, 0.15) is 0 Å². The van der Waals surface area contributed by atoms with Gasteiger partial charge in [-0.2, -0.15) is 17.0 Å². The van der Waals surface area contributed by atoms with Gasteiger partial charge in [-0.3, -0.25) is 0 Å². The lowest BCUT2D eigenvalue weighted by Gasteiger charge is -2.11. The van der Waals surface area contributed by atoms with Crippen molar-refractivity contribution in [1.29, 1.82) is 5.26 Å². The topological polar surface area (TPSA) is 23.8 Å². The molecule has 0 amide bonds. The van der Waals surface area contributed by atoms with Crippen LogP contribution >= 0.6 is 11.8 Å². The molecule has 0 saturated heterocycles. The molecule has 2 heteroatoms. The third-order valence-electron chi connectivity index (χ3n) is 1.82. The van der Waals surface area contributed by atoms with Crippen molar-refractivity contribution in [2.45, 2.75) is 18.6 Å². The summed E-state index contributed by atoms with van der Waals surface area (Å²) in [5.74, 6) is 1.06. The molecule has 0 saturated carbocycles. The van der Waals surface area contributed by atoms with E-state index in [1.165, 1.54) is 5.56 Å². The number of nitrogens with zero attached hydrogens (tertiary/aromatic N) is 1. The van der Waals surface area contributed by atoms with Gasteiger partial charge < -0.3 is 0 Å². The smallest absolute Gasteiger partial charge is 0.0636 e. The Morgan fingerprint density at radius 2 is 2.08 bits per heavy atom. The predicted octanol–water partition coefficient (Wildman–Crippen LogP) is 3.39. The number of nitriles is 1. The van der Waals surface area contributed by atoms with Crippen LogP contribution < -0.4 is 0 Å². The summed E-state index contributed by atoms with van der Waals surface area (Å²) in [6, 6.07) is 12.5. The highest BCUT2D eigenvalue weighted by molar-refractivity contribution is 7.99. The average molecular weight is 191 g/mol. The van der Waals surface area contributed by atoms with E-state index in [2.05, 4.69) is 25.1 Å². The maximum absolute atomic E-state index is 8.66. The van der Waals surface area contributed by atoms with Crippen LogP contribution in [0.5, 0.6) is 0 Å². The van der Waals surface area contributed by atoms with Crippen LogP contribution in [0.4, 0.5) is 0 Å². The van der Waals surface area contributed by atoms with Gasteiger partial charge in [0.2, 0.25) is 0 Å². The summed E-state index contributed by atoms with van der Waals surface area (Å²) in [7, 11) is 0. The second-order valence-corrected chi connectivity index (χ2v) is 4.20. The number of thioether (sulfide) groups is 1. The van der Waals surface area contributed by atoms with E-state index in [1.54, 1.807) is 0 Å². The normalized spacial score (nSPS) is 12.0. The minimum Gasteiger partial charge on any atom is -0.198 e. The Balaban J connectivity index is 2.71. The first-order valence-electron chi connectivity index (χ1n) is 4.42. The minimum atomic E-state index is 0.344. The van der Waals surface area contributed by atoms with Gasteiger partial charge in [0, 0.05) is 5.25 Å². The molecule has 1 aromatic rings. The molecule has 1 unspecified atom stereocenters. The summed E-state index contributed by atoms with van der Waals surface area (Å²) in [4.78, 5) is 0. The zero-order chi connectivity index (χ0) is 9.52. The van der Waals surface area contributed by atoms with Gasteiger partial charge in [-0.25, -0.2) is 0 Å². The van der Waals surface area contributed by atoms with Gasteiger partial charge in [0.15, 0.2) is 0 Å². The van der Waals surface area contributed by atoms with Crippen molar-refractivity contribution < 1.29 is 0 Å². The second-order valence-electron chi connectivity index (χ2n) is 2.72. The Morgan fingerprint density at radius 3 is 2.62 bits per heavy atom. The van der Waals surface area contributed by atoms with E-state index in [0.717, 1.165) is 5.75 Å². The Hall–Kier alpha value is -0.940. The molecule has 1 rings (SSSR count).